The van der Waals surface area contributed by atoms with Crippen LogP contribution in [0.3, 0.4) is 0 Å². The molecule has 3 N–H and O–H groups in total. The Hall–Kier alpha value is -1.39. The van der Waals surface area contributed by atoms with Gasteiger partial charge in [-0.2, -0.15) is 0 Å². The SMILES string of the molecule is CCN(CC)Cc1ccccc1C(CN)C(=O)O. The fourth-order valence-corrected chi connectivity index (χ4v) is 2.07. The van der Waals surface area contributed by atoms with Crippen molar-refractivity contribution in [2.24, 2.45) is 5.73 Å². The number of aliphatic carboxylic acids is 1. The van der Waals surface area contributed by atoms with E-state index in [-0.39, 0.29) is 6.54 Å². The molecule has 4 heteroatoms. The van der Waals surface area contributed by atoms with Gasteiger partial charge in [0.05, 0.1) is 5.92 Å². The highest BCUT2D eigenvalue weighted by molar-refractivity contribution is 5.77. The van der Waals surface area contributed by atoms with Gasteiger partial charge < -0.3 is 10.8 Å². The van der Waals surface area contributed by atoms with Gasteiger partial charge in [0.25, 0.3) is 0 Å². The summed E-state index contributed by atoms with van der Waals surface area (Å²) in [5.41, 5.74) is 7.46. The zero-order chi connectivity index (χ0) is 13.5. The number of nitrogens with zero attached hydrogens (tertiary/aromatic N) is 1. The van der Waals surface area contributed by atoms with Crippen molar-refractivity contribution in [1.29, 1.82) is 0 Å². The zero-order valence-corrected chi connectivity index (χ0v) is 11.1. The molecular weight excluding hydrogens is 228 g/mol. The Balaban J connectivity index is 3.01. The molecule has 0 aliphatic rings. The van der Waals surface area contributed by atoms with Crippen LogP contribution in [0.2, 0.25) is 0 Å². The molecule has 0 saturated heterocycles. The van der Waals surface area contributed by atoms with E-state index >= 15 is 0 Å². The summed E-state index contributed by atoms with van der Waals surface area (Å²) >= 11 is 0. The number of nitrogens with two attached hydrogens (primary N) is 1. The van der Waals surface area contributed by atoms with E-state index in [2.05, 4.69) is 18.7 Å². The molecule has 0 bridgehead atoms. The second-order valence-electron chi connectivity index (χ2n) is 4.29. The number of carboxylic acids is 1. The van der Waals surface area contributed by atoms with E-state index in [1.165, 1.54) is 0 Å². The summed E-state index contributed by atoms with van der Waals surface area (Å²) in [6.45, 7) is 7.00. The van der Waals surface area contributed by atoms with Crippen LogP contribution in [0.25, 0.3) is 0 Å². The van der Waals surface area contributed by atoms with Gasteiger partial charge in [0.1, 0.15) is 0 Å². The first kappa shape index (κ1) is 14.7. The first-order valence-corrected chi connectivity index (χ1v) is 6.37. The molecule has 0 amide bonds. The van der Waals surface area contributed by atoms with Gasteiger partial charge in [-0.25, -0.2) is 0 Å². The molecule has 0 radical (unpaired) electrons. The second kappa shape index (κ2) is 7.13. The molecule has 0 fully saturated rings. The molecule has 18 heavy (non-hydrogen) atoms. The Morgan fingerprint density at radius 2 is 1.94 bits per heavy atom. The molecule has 0 heterocycles. The third-order valence-corrected chi connectivity index (χ3v) is 3.25. The topological polar surface area (TPSA) is 66.6 Å². The summed E-state index contributed by atoms with van der Waals surface area (Å²) in [6, 6.07) is 7.66. The lowest BCUT2D eigenvalue weighted by atomic mass is 9.94. The molecule has 1 rings (SSSR count). The minimum absolute atomic E-state index is 0.130. The van der Waals surface area contributed by atoms with E-state index in [0.29, 0.717) is 0 Å². The highest BCUT2D eigenvalue weighted by Crippen LogP contribution is 2.21. The highest BCUT2D eigenvalue weighted by atomic mass is 16.4. The first-order valence-electron chi connectivity index (χ1n) is 6.37. The normalized spacial score (nSPS) is 12.7. The van der Waals surface area contributed by atoms with Gasteiger partial charge in [-0.15, -0.1) is 0 Å². The summed E-state index contributed by atoms with van der Waals surface area (Å²) < 4.78 is 0. The lowest BCUT2D eigenvalue weighted by molar-refractivity contribution is -0.138. The Bertz CT molecular complexity index is 389. The Morgan fingerprint density at radius 3 is 2.44 bits per heavy atom. The van der Waals surface area contributed by atoms with Crippen LogP contribution in [-0.2, 0) is 11.3 Å². The van der Waals surface area contributed by atoms with Crippen LogP contribution in [0.15, 0.2) is 24.3 Å². The second-order valence-corrected chi connectivity index (χ2v) is 4.29. The maximum absolute atomic E-state index is 11.2. The molecule has 1 unspecified atom stereocenters. The zero-order valence-electron chi connectivity index (χ0n) is 11.1. The summed E-state index contributed by atoms with van der Waals surface area (Å²) in [5.74, 6) is -1.47. The molecular formula is C14H22N2O2. The molecule has 0 spiro atoms. The van der Waals surface area contributed by atoms with Crippen LogP contribution in [0.1, 0.15) is 30.9 Å². The molecule has 0 saturated carbocycles. The number of benzene rings is 1. The van der Waals surface area contributed by atoms with Crippen LogP contribution in [0, 0.1) is 0 Å². The third kappa shape index (κ3) is 3.55. The molecule has 1 aromatic carbocycles. The van der Waals surface area contributed by atoms with Gasteiger partial charge in [0.2, 0.25) is 0 Å². The van der Waals surface area contributed by atoms with Crippen LogP contribution in [-0.4, -0.2) is 35.6 Å². The van der Waals surface area contributed by atoms with Crippen molar-refractivity contribution >= 4 is 5.97 Å². The fourth-order valence-electron chi connectivity index (χ4n) is 2.07. The third-order valence-electron chi connectivity index (χ3n) is 3.25. The number of rotatable bonds is 7. The molecule has 1 aromatic rings. The van der Waals surface area contributed by atoms with E-state index in [1.807, 2.05) is 24.3 Å². The maximum Gasteiger partial charge on any atom is 0.312 e. The lowest BCUT2D eigenvalue weighted by Gasteiger charge is -2.22. The standard InChI is InChI=1S/C14H22N2O2/c1-3-16(4-2)10-11-7-5-6-8-12(11)13(9-15)14(17)18/h5-8,13H,3-4,9-10,15H2,1-2H3,(H,17,18). The van der Waals surface area contributed by atoms with Crippen molar-refractivity contribution in [3.63, 3.8) is 0 Å². The molecule has 100 valence electrons. The summed E-state index contributed by atoms with van der Waals surface area (Å²) in [7, 11) is 0. The van der Waals surface area contributed by atoms with Crippen LogP contribution < -0.4 is 5.73 Å². The quantitative estimate of drug-likeness (QED) is 0.772. The number of carboxylic acid groups (broad SMARTS) is 1. The highest BCUT2D eigenvalue weighted by Gasteiger charge is 2.21. The van der Waals surface area contributed by atoms with Gasteiger partial charge in [-0.3, -0.25) is 9.69 Å². The Morgan fingerprint density at radius 1 is 1.33 bits per heavy atom. The van der Waals surface area contributed by atoms with Gasteiger partial charge in [0.15, 0.2) is 0 Å². The minimum Gasteiger partial charge on any atom is -0.481 e. The molecule has 4 nitrogen and oxygen atoms in total. The van der Waals surface area contributed by atoms with E-state index in [0.717, 1.165) is 30.8 Å². The Kier molecular flexibility index (Phi) is 5.82. The minimum atomic E-state index is -0.857. The first-order chi connectivity index (χ1) is 8.63. The maximum atomic E-state index is 11.2. The van der Waals surface area contributed by atoms with Crippen LogP contribution in [0.5, 0.6) is 0 Å². The van der Waals surface area contributed by atoms with Crippen molar-refractivity contribution in [3.8, 4) is 0 Å². The average molecular weight is 250 g/mol. The largest absolute Gasteiger partial charge is 0.481 e. The fraction of sp³-hybridized carbons (Fsp3) is 0.500. The number of carbonyl (C=O) groups is 1. The molecule has 0 aromatic heterocycles. The predicted molar refractivity (Wildman–Crippen MR) is 72.5 cm³/mol. The summed E-state index contributed by atoms with van der Waals surface area (Å²) in [6.07, 6.45) is 0. The predicted octanol–water partition coefficient (Wildman–Crippen LogP) is 1.66. The van der Waals surface area contributed by atoms with E-state index in [9.17, 15) is 9.90 Å². The van der Waals surface area contributed by atoms with Gasteiger partial charge >= 0.3 is 5.97 Å². The van der Waals surface area contributed by atoms with Gasteiger partial charge in [-0.05, 0) is 24.2 Å². The molecule has 1 atom stereocenters. The van der Waals surface area contributed by atoms with E-state index in [1.54, 1.807) is 0 Å². The lowest BCUT2D eigenvalue weighted by Crippen LogP contribution is -2.26. The van der Waals surface area contributed by atoms with Crippen molar-refractivity contribution in [3.05, 3.63) is 35.4 Å². The van der Waals surface area contributed by atoms with Crippen LogP contribution >= 0.6 is 0 Å². The van der Waals surface area contributed by atoms with Crippen molar-refractivity contribution in [2.75, 3.05) is 19.6 Å². The Labute approximate surface area is 108 Å². The van der Waals surface area contributed by atoms with Crippen LogP contribution in [0.4, 0.5) is 0 Å². The number of hydrogen-bond acceptors (Lipinski definition) is 3. The van der Waals surface area contributed by atoms with Crippen molar-refractivity contribution < 1.29 is 9.90 Å². The van der Waals surface area contributed by atoms with Gasteiger partial charge in [-0.1, -0.05) is 38.1 Å². The van der Waals surface area contributed by atoms with Crippen molar-refractivity contribution in [1.82, 2.24) is 4.90 Å². The van der Waals surface area contributed by atoms with E-state index < -0.39 is 11.9 Å². The number of hydrogen-bond donors (Lipinski definition) is 2. The summed E-state index contributed by atoms with van der Waals surface area (Å²) in [4.78, 5) is 13.5. The monoisotopic (exact) mass is 250 g/mol. The van der Waals surface area contributed by atoms with E-state index in [4.69, 9.17) is 5.73 Å². The van der Waals surface area contributed by atoms with Crippen molar-refractivity contribution in [2.45, 2.75) is 26.3 Å². The smallest absolute Gasteiger partial charge is 0.312 e. The molecule has 0 aliphatic heterocycles. The van der Waals surface area contributed by atoms with Gasteiger partial charge in [0, 0.05) is 13.1 Å². The average Bonchev–Trinajstić information content (AvgIpc) is 2.38. The summed E-state index contributed by atoms with van der Waals surface area (Å²) in [5, 5.41) is 9.21. The molecule has 0 aliphatic carbocycles.